The molecular formula is C25H27BrClNO2. The molecule has 0 aliphatic heterocycles. The molecule has 158 valence electrons. The number of rotatable bonds is 10. The molecule has 0 aromatic heterocycles. The molecule has 3 nitrogen and oxygen atoms in total. The van der Waals surface area contributed by atoms with Crippen LogP contribution in [-0.4, -0.2) is 13.2 Å². The molecule has 1 N–H and O–H groups in total. The van der Waals surface area contributed by atoms with Gasteiger partial charge in [-0.15, -0.1) is 0 Å². The van der Waals surface area contributed by atoms with Crippen LogP contribution in [0.25, 0.3) is 0 Å². The van der Waals surface area contributed by atoms with Crippen LogP contribution >= 0.6 is 27.5 Å². The predicted octanol–water partition coefficient (Wildman–Crippen LogP) is 6.80. The van der Waals surface area contributed by atoms with Crippen LogP contribution in [0.4, 0.5) is 0 Å². The van der Waals surface area contributed by atoms with Crippen LogP contribution in [0, 0.1) is 0 Å². The van der Waals surface area contributed by atoms with Gasteiger partial charge in [-0.25, -0.2) is 0 Å². The lowest BCUT2D eigenvalue weighted by Gasteiger charge is -2.17. The van der Waals surface area contributed by atoms with Crippen LogP contribution in [-0.2, 0) is 19.6 Å². The van der Waals surface area contributed by atoms with Gasteiger partial charge in [-0.1, -0.05) is 60.1 Å². The standard InChI is InChI=1S/C25H27BrClNO2/c1-18(12-13-19-8-4-3-5-9-19)28-16-20-14-22(26)25(24(15-20)29-2)30-17-21-10-6-7-11-23(21)27/h3-11,14-15,18,28H,12-13,16-17H2,1-2H3/t18-/m0/s1. The predicted molar refractivity (Wildman–Crippen MR) is 128 cm³/mol. The molecule has 3 rings (SSSR count). The fraction of sp³-hybridized carbons (Fsp3) is 0.280. The van der Waals surface area contributed by atoms with E-state index in [9.17, 15) is 0 Å². The van der Waals surface area contributed by atoms with Gasteiger partial charge in [0, 0.05) is 23.2 Å². The normalized spacial score (nSPS) is 11.9. The van der Waals surface area contributed by atoms with E-state index >= 15 is 0 Å². The highest BCUT2D eigenvalue weighted by molar-refractivity contribution is 9.10. The van der Waals surface area contributed by atoms with Gasteiger partial charge in [0.15, 0.2) is 11.5 Å². The zero-order valence-corrected chi connectivity index (χ0v) is 19.7. The Morgan fingerprint density at radius 3 is 2.47 bits per heavy atom. The molecule has 3 aromatic rings. The highest BCUT2D eigenvalue weighted by atomic mass is 79.9. The second-order valence-electron chi connectivity index (χ2n) is 7.30. The second kappa shape index (κ2) is 11.4. The molecule has 0 heterocycles. The highest BCUT2D eigenvalue weighted by Gasteiger charge is 2.13. The van der Waals surface area contributed by atoms with E-state index in [0.29, 0.717) is 29.2 Å². The molecule has 0 radical (unpaired) electrons. The van der Waals surface area contributed by atoms with Gasteiger partial charge < -0.3 is 14.8 Å². The van der Waals surface area contributed by atoms with Crippen molar-refractivity contribution in [1.82, 2.24) is 5.32 Å². The van der Waals surface area contributed by atoms with Gasteiger partial charge in [0.1, 0.15) is 6.61 Å². The minimum Gasteiger partial charge on any atom is -0.493 e. The lowest BCUT2D eigenvalue weighted by molar-refractivity contribution is 0.282. The zero-order valence-electron chi connectivity index (χ0n) is 17.3. The van der Waals surface area contributed by atoms with Crippen molar-refractivity contribution >= 4 is 27.5 Å². The molecule has 30 heavy (non-hydrogen) atoms. The van der Waals surface area contributed by atoms with Crippen LogP contribution in [0.5, 0.6) is 11.5 Å². The van der Waals surface area contributed by atoms with Crippen molar-refractivity contribution in [1.29, 1.82) is 0 Å². The van der Waals surface area contributed by atoms with Crippen molar-refractivity contribution < 1.29 is 9.47 Å². The van der Waals surface area contributed by atoms with E-state index in [1.165, 1.54) is 5.56 Å². The average Bonchev–Trinajstić information content (AvgIpc) is 2.77. The van der Waals surface area contributed by atoms with Crippen LogP contribution in [0.3, 0.4) is 0 Å². The first-order valence-corrected chi connectivity index (χ1v) is 11.2. The summed E-state index contributed by atoms with van der Waals surface area (Å²) in [5.74, 6) is 1.38. The van der Waals surface area contributed by atoms with Crippen molar-refractivity contribution in [3.8, 4) is 11.5 Å². The van der Waals surface area contributed by atoms with E-state index in [1.54, 1.807) is 7.11 Å². The van der Waals surface area contributed by atoms with Gasteiger partial charge in [-0.3, -0.25) is 0 Å². The van der Waals surface area contributed by atoms with Crippen molar-refractivity contribution in [2.24, 2.45) is 0 Å². The molecule has 0 unspecified atom stereocenters. The minimum absolute atomic E-state index is 0.378. The maximum absolute atomic E-state index is 6.23. The number of aryl methyl sites for hydroxylation is 1. The van der Waals surface area contributed by atoms with Gasteiger partial charge in [-0.05, 0) is 65.0 Å². The SMILES string of the molecule is COc1cc(CN[C@@H](C)CCc2ccccc2)cc(Br)c1OCc1ccccc1Cl. The Morgan fingerprint density at radius 2 is 1.73 bits per heavy atom. The Balaban J connectivity index is 1.58. The molecule has 0 aliphatic rings. The maximum Gasteiger partial charge on any atom is 0.175 e. The number of hydrogen-bond acceptors (Lipinski definition) is 3. The number of nitrogens with one attached hydrogen (secondary N) is 1. The van der Waals surface area contributed by atoms with Crippen molar-refractivity contribution in [2.45, 2.75) is 39.0 Å². The molecule has 0 amide bonds. The van der Waals surface area contributed by atoms with E-state index in [-0.39, 0.29) is 0 Å². The number of benzene rings is 3. The lowest BCUT2D eigenvalue weighted by atomic mass is 10.1. The fourth-order valence-electron chi connectivity index (χ4n) is 3.20. The van der Waals surface area contributed by atoms with Gasteiger partial charge in [0.2, 0.25) is 0 Å². The summed E-state index contributed by atoms with van der Waals surface area (Å²) in [6, 6.07) is 22.8. The maximum atomic E-state index is 6.23. The summed E-state index contributed by atoms with van der Waals surface area (Å²) >= 11 is 9.87. The Morgan fingerprint density at radius 1 is 1.00 bits per heavy atom. The summed E-state index contributed by atoms with van der Waals surface area (Å²) in [7, 11) is 1.66. The average molecular weight is 489 g/mol. The van der Waals surface area contributed by atoms with Gasteiger partial charge >= 0.3 is 0 Å². The number of hydrogen-bond donors (Lipinski definition) is 1. The summed E-state index contributed by atoms with van der Waals surface area (Å²) in [5, 5.41) is 4.29. The summed E-state index contributed by atoms with van der Waals surface area (Å²) in [5.41, 5.74) is 3.44. The number of methoxy groups -OCH3 is 1. The van der Waals surface area contributed by atoms with Crippen LogP contribution in [0.1, 0.15) is 30.0 Å². The molecule has 5 heteroatoms. The topological polar surface area (TPSA) is 30.5 Å². The smallest absolute Gasteiger partial charge is 0.175 e. The van der Waals surface area contributed by atoms with Crippen LogP contribution in [0.2, 0.25) is 5.02 Å². The fourth-order valence-corrected chi connectivity index (χ4v) is 4.00. The van der Waals surface area contributed by atoms with Gasteiger partial charge in [0.25, 0.3) is 0 Å². The largest absolute Gasteiger partial charge is 0.493 e. The van der Waals surface area contributed by atoms with Crippen LogP contribution < -0.4 is 14.8 Å². The van der Waals surface area contributed by atoms with E-state index in [0.717, 1.165) is 35.0 Å². The first kappa shape index (κ1) is 22.7. The zero-order chi connectivity index (χ0) is 21.3. The molecule has 1 atom stereocenters. The first-order chi connectivity index (χ1) is 14.6. The van der Waals surface area contributed by atoms with Crippen molar-refractivity contribution in [2.75, 3.05) is 7.11 Å². The molecule has 3 aromatic carbocycles. The molecule has 0 aliphatic carbocycles. The first-order valence-electron chi connectivity index (χ1n) is 10.1. The summed E-state index contributed by atoms with van der Waals surface area (Å²) in [6.45, 7) is 3.36. The molecule has 0 saturated carbocycles. The summed E-state index contributed by atoms with van der Waals surface area (Å²) in [6.07, 6.45) is 2.15. The molecular weight excluding hydrogens is 462 g/mol. The number of halogens is 2. The second-order valence-corrected chi connectivity index (χ2v) is 8.56. The summed E-state index contributed by atoms with van der Waals surface area (Å²) < 4.78 is 12.5. The van der Waals surface area contributed by atoms with E-state index in [4.69, 9.17) is 21.1 Å². The highest BCUT2D eigenvalue weighted by Crippen LogP contribution is 2.37. The van der Waals surface area contributed by atoms with Gasteiger partial charge in [-0.2, -0.15) is 0 Å². The monoisotopic (exact) mass is 487 g/mol. The Kier molecular flexibility index (Phi) is 8.61. The lowest BCUT2D eigenvalue weighted by Crippen LogP contribution is -2.26. The van der Waals surface area contributed by atoms with E-state index in [1.807, 2.05) is 30.3 Å². The molecule has 0 saturated heterocycles. The molecule has 0 spiro atoms. The molecule has 0 fully saturated rings. The van der Waals surface area contributed by atoms with Gasteiger partial charge in [0.05, 0.1) is 11.6 Å². The minimum atomic E-state index is 0.378. The Bertz CT molecular complexity index is 949. The van der Waals surface area contributed by atoms with Crippen molar-refractivity contribution in [3.05, 3.63) is 92.9 Å². The third kappa shape index (κ3) is 6.49. The van der Waals surface area contributed by atoms with Crippen molar-refractivity contribution in [3.63, 3.8) is 0 Å². The quantitative estimate of drug-likeness (QED) is 0.340. The van der Waals surface area contributed by atoms with Crippen LogP contribution in [0.15, 0.2) is 71.2 Å². The summed E-state index contributed by atoms with van der Waals surface area (Å²) in [4.78, 5) is 0. The third-order valence-electron chi connectivity index (χ3n) is 4.98. The van der Waals surface area contributed by atoms with E-state index < -0.39 is 0 Å². The Labute approximate surface area is 192 Å². The van der Waals surface area contributed by atoms with E-state index in [2.05, 4.69) is 64.6 Å². The number of ether oxygens (including phenoxy) is 2. The third-order valence-corrected chi connectivity index (χ3v) is 5.94. The Hall–Kier alpha value is -2.01. The molecule has 0 bridgehead atoms.